The molecule has 0 radical (unpaired) electrons. The number of ether oxygens (including phenoxy) is 1. The largest absolute Gasteiger partial charge is 0.464 e. The van der Waals surface area contributed by atoms with Crippen LogP contribution in [-0.2, 0) is 19.1 Å². The molecule has 0 spiro atoms. The number of para-hydroxylation sites is 1. The number of hydrogen-bond acceptors (Lipinski definition) is 5. The smallest absolute Gasteiger partial charge is 0.368 e. The number of methoxy groups -OCH3 is 1. The molecule has 2 aliphatic rings. The van der Waals surface area contributed by atoms with Crippen molar-refractivity contribution in [1.29, 1.82) is 0 Å². The first-order valence-electron chi connectivity index (χ1n) is 8.50. The Kier molecular flexibility index (Phi) is 4.12. The number of carbonyl (C=O) groups excluding carboxylic acids is 3. The van der Waals surface area contributed by atoms with Crippen molar-refractivity contribution in [3.8, 4) is 0 Å². The third-order valence-corrected chi connectivity index (χ3v) is 6.47. The van der Waals surface area contributed by atoms with Crippen LogP contribution in [0.25, 0.3) is 0 Å². The Balaban J connectivity index is 1.84. The number of imide groups is 1. The van der Waals surface area contributed by atoms with Crippen molar-refractivity contribution in [1.82, 2.24) is 0 Å². The van der Waals surface area contributed by atoms with E-state index in [2.05, 4.69) is 0 Å². The first-order chi connectivity index (χ1) is 12.9. The number of esters is 1. The molecule has 2 amide bonds. The summed E-state index contributed by atoms with van der Waals surface area (Å²) in [5.41, 5.74) is -1.35. The highest BCUT2D eigenvalue weighted by Gasteiger charge is 2.71. The van der Waals surface area contributed by atoms with Gasteiger partial charge in [0.05, 0.1) is 17.7 Å². The number of amides is 2. The van der Waals surface area contributed by atoms with Crippen LogP contribution in [-0.4, -0.2) is 30.4 Å². The zero-order valence-corrected chi connectivity index (χ0v) is 15.5. The molecule has 2 aliphatic heterocycles. The van der Waals surface area contributed by atoms with Gasteiger partial charge in [-0.15, -0.1) is 11.3 Å². The Labute approximate surface area is 158 Å². The van der Waals surface area contributed by atoms with E-state index in [0.717, 1.165) is 9.78 Å². The van der Waals surface area contributed by atoms with E-state index in [1.165, 1.54) is 36.6 Å². The molecule has 4 rings (SSSR count). The molecule has 8 heteroatoms. The topological polar surface area (TPSA) is 80.3 Å². The maximum atomic E-state index is 14.3. The molecule has 2 aromatic rings. The van der Waals surface area contributed by atoms with Crippen molar-refractivity contribution < 1.29 is 28.8 Å². The number of anilines is 1. The van der Waals surface area contributed by atoms with Crippen LogP contribution < -0.4 is 10.2 Å². The van der Waals surface area contributed by atoms with E-state index in [1.807, 2.05) is 17.5 Å². The lowest BCUT2D eigenvalue weighted by atomic mass is 9.81. The van der Waals surface area contributed by atoms with Gasteiger partial charge in [0.2, 0.25) is 17.4 Å². The molecule has 3 heterocycles. The van der Waals surface area contributed by atoms with Crippen LogP contribution in [0.3, 0.4) is 0 Å². The van der Waals surface area contributed by atoms with Crippen molar-refractivity contribution in [2.24, 2.45) is 11.8 Å². The Bertz CT molecular complexity index is 932. The second-order valence-electron chi connectivity index (χ2n) is 6.95. The molecule has 4 atom stereocenters. The van der Waals surface area contributed by atoms with Gasteiger partial charge in [-0.25, -0.2) is 14.1 Å². The highest BCUT2D eigenvalue weighted by Crippen LogP contribution is 2.46. The van der Waals surface area contributed by atoms with Crippen molar-refractivity contribution in [3.05, 3.63) is 52.5 Å². The predicted molar refractivity (Wildman–Crippen MR) is 95.3 cm³/mol. The van der Waals surface area contributed by atoms with E-state index < -0.39 is 47.0 Å². The van der Waals surface area contributed by atoms with Crippen molar-refractivity contribution in [2.45, 2.75) is 18.5 Å². The number of carbonyl (C=O) groups is 3. The van der Waals surface area contributed by atoms with Crippen LogP contribution >= 0.6 is 11.3 Å². The van der Waals surface area contributed by atoms with Gasteiger partial charge in [-0.2, -0.15) is 0 Å². The first kappa shape index (κ1) is 17.8. The molecule has 27 heavy (non-hydrogen) atoms. The van der Waals surface area contributed by atoms with Crippen molar-refractivity contribution >= 4 is 34.8 Å². The standard InChI is InChI=1S/C19H17FN2O4S/c1-19(18(25)26-2)14-13(15(21-19)12-8-5-9-27-12)16(23)22(17(14)24)11-7-4-3-6-10(11)20/h3-9,13-15,21H,1-2H3/p+1/t13-,14+,15-,19+/m0/s1. The fourth-order valence-electron chi connectivity index (χ4n) is 4.29. The van der Waals surface area contributed by atoms with Gasteiger partial charge in [0.15, 0.2) is 0 Å². The molecule has 0 aliphatic carbocycles. The minimum Gasteiger partial charge on any atom is -0.464 e. The van der Waals surface area contributed by atoms with Crippen LogP contribution in [0.4, 0.5) is 10.1 Å². The summed E-state index contributed by atoms with van der Waals surface area (Å²) in [6, 6.07) is 8.97. The predicted octanol–water partition coefficient (Wildman–Crippen LogP) is 1.24. The molecule has 0 bridgehead atoms. The Morgan fingerprint density at radius 2 is 1.96 bits per heavy atom. The molecule has 2 N–H and O–H groups in total. The second kappa shape index (κ2) is 6.24. The minimum atomic E-state index is -1.26. The van der Waals surface area contributed by atoms with Gasteiger partial charge in [0, 0.05) is 6.92 Å². The Morgan fingerprint density at radius 1 is 1.22 bits per heavy atom. The molecule has 1 aromatic carbocycles. The fourth-order valence-corrected chi connectivity index (χ4v) is 5.13. The number of benzene rings is 1. The van der Waals surface area contributed by atoms with E-state index in [-0.39, 0.29) is 5.69 Å². The molecular weight excluding hydrogens is 371 g/mol. The van der Waals surface area contributed by atoms with Gasteiger partial charge in [-0.1, -0.05) is 18.2 Å². The van der Waals surface area contributed by atoms with Crippen LogP contribution in [0.5, 0.6) is 0 Å². The summed E-state index contributed by atoms with van der Waals surface area (Å²) < 4.78 is 19.2. The lowest BCUT2D eigenvalue weighted by molar-refractivity contribution is -0.730. The maximum absolute atomic E-state index is 14.3. The van der Waals surface area contributed by atoms with E-state index in [4.69, 9.17) is 4.74 Å². The van der Waals surface area contributed by atoms with Gasteiger partial charge in [0.1, 0.15) is 23.7 Å². The lowest BCUT2D eigenvalue weighted by Crippen LogP contribution is -2.97. The van der Waals surface area contributed by atoms with E-state index in [0.29, 0.717) is 0 Å². The number of nitrogens with two attached hydrogens (primary N) is 1. The quantitative estimate of drug-likeness (QED) is 0.633. The first-order valence-corrected chi connectivity index (χ1v) is 9.38. The van der Waals surface area contributed by atoms with Crippen LogP contribution in [0.2, 0.25) is 0 Å². The number of quaternary nitrogens is 1. The summed E-state index contributed by atoms with van der Waals surface area (Å²) in [4.78, 5) is 40.8. The Morgan fingerprint density at radius 3 is 2.59 bits per heavy atom. The normalized spacial score (nSPS) is 29.9. The van der Waals surface area contributed by atoms with Crippen LogP contribution in [0, 0.1) is 17.7 Å². The summed E-state index contributed by atoms with van der Waals surface area (Å²) in [5, 5.41) is 3.62. The summed E-state index contributed by atoms with van der Waals surface area (Å²) in [6.07, 6.45) is 0. The molecule has 0 saturated carbocycles. The average Bonchev–Trinajstić information content (AvgIpc) is 3.34. The molecular formula is C19H18FN2O4S+. The minimum absolute atomic E-state index is 0.0842. The summed E-state index contributed by atoms with van der Waals surface area (Å²) in [7, 11) is 1.25. The Hall–Kier alpha value is -2.58. The number of nitrogens with zero attached hydrogens (tertiary/aromatic N) is 1. The summed E-state index contributed by atoms with van der Waals surface area (Å²) in [6.45, 7) is 1.61. The number of hydrogen-bond donors (Lipinski definition) is 1. The molecule has 1 aromatic heterocycles. The highest BCUT2D eigenvalue weighted by atomic mass is 32.1. The number of fused-ring (bicyclic) bond motifs is 1. The van der Waals surface area contributed by atoms with Gasteiger partial charge in [-0.3, -0.25) is 9.59 Å². The zero-order chi connectivity index (χ0) is 19.3. The number of rotatable bonds is 3. The number of thiophene rings is 1. The molecule has 140 valence electrons. The summed E-state index contributed by atoms with van der Waals surface area (Å²) in [5.74, 6) is -3.98. The highest BCUT2D eigenvalue weighted by molar-refractivity contribution is 7.10. The molecule has 6 nitrogen and oxygen atoms in total. The van der Waals surface area contributed by atoms with E-state index in [9.17, 15) is 18.8 Å². The molecule has 2 saturated heterocycles. The number of halogens is 1. The monoisotopic (exact) mass is 389 g/mol. The van der Waals surface area contributed by atoms with Gasteiger partial charge < -0.3 is 10.1 Å². The molecule has 2 fully saturated rings. The summed E-state index contributed by atoms with van der Waals surface area (Å²) >= 11 is 1.45. The van der Waals surface area contributed by atoms with Crippen LogP contribution in [0.1, 0.15) is 17.8 Å². The van der Waals surface area contributed by atoms with Gasteiger partial charge in [-0.05, 0) is 23.6 Å². The molecule has 0 unspecified atom stereocenters. The van der Waals surface area contributed by atoms with Gasteiger partial charge in [0.25, 0.3) is 0 Å². The van der Waals surface area contributed by atoms with E-state index in [1.54, 1.807) is 18.3 Å². The third kappa shape index (κ3) is 2.44. The van der Waals surface area contributed by atoms with Crippen molar-refractivity contribution in [3.63, 3.8) is 0 Å². The van der Waals surface area contributed by atoms with Crippen LogP contribution in [0.15, 0.2) is 41.8 Å². The van der Waals surface area contributed by atoms with E-state index >= 15 is 0 Å². The third-order valence-electron chi connectivity index (χ3n) is 5.50. The maximum Gasteiger partial charge on any atom is 0.368 e. The average molecular weight is 389 g/mol. The second-order valence-corrected chi connectivity index (χ2v) is 7.93. The SMILES string of the molecule is COC(=O)[C@]1(C)[NH2+][C@@H](c2cccs2)[C@H]2C(=O)N(c3ccccc3F)C(=O)[C@@H]21. The zero-order valence-electron chi connectivity index (χ0n) is 14.7. The van der Waals surface area contributed by atoms with Gasteiger partial charge >= 0.3 is 5.97 Å². The van der Waals surface area contributed by atoms with Crippen molar-refractivity contribution in [2.75, 3.05) is 12.0 Å². The fraction of sp³-hybridized carbons (Fsp3) is 0.316. The lowest BCUT2D eigenvalue weighted by Gasteiger charge is -2.25.